The summed E-state index contributed by atoms with van der Waals surface area (Å²) >= 11 is 0. The van der Waals surface area contributed by atoms with Gasteiger partial charge in [-0.2, -0.15) is 4.72 Å². The third-order valence-corrected chi connectivity index (χ3v) is 5.21. The van der Waals surface area contributed by atoms with Crippen molar-refractivity contribution in [3.05, 3.63) is 29.8 Å². The van der Waals surface area contributed by atoms with E-state index in [1.807, 2.05) is 6.92 Å². The molecule has 1 aromatic carbocycles. The van der Waals surface area contributed by atoms with Crippen molar-refractivity contribution in [3.63, 3.8) is 0 Å². The zero-order chi connectivity index (χ0) is 20.6. The van der Waals surface area contributed by atoms with E-state index in [-0.39, 0.29) is 28.2 Å². The molecule has 0 heterocycles. The van der Waals surface area contributed by atoms with E-state index in [9.17, 15) is 23.1 Å². The molecule has 0 saturated carbocycles. The molecule has 2 unspecified atom stereocenters. The van der Waals surface area contributed by atoms with Gasteiger partial charge in [-0.3, -0.25) is 21.3 Å². The maximum absolute atomic E-state index is 12.3. The summed E-state index contributed by atoms with van der Waals surface area (Å²) in [7, 11) is -3.92. The van der Waals surface area contributed by atoms with Gasteiger partial charge >= 0.3 is 5.96 Å². The molecular weight excluding hydrogens is 406 g/mol. The maximum Gasteiger partial charge on any atom is 0.338 e. The quantitative estimate of drug-likeness (QED) is 0.135. The lowest BCUT2D eigenvalue weighted by molar-refractivity contribution is -0.459. The molecule has 0 aliphatic heterocycles. The van der Waals surface area contributed by atoms with Crippen molar-refractivity contribution < 1.29 is 39.1 Å². The van der Waals surface area contributed by atoms with Crippen LogP contribution < -0.4 is 31.6 Å². The lowest BCUT2D eigenvalue weighted by Crippen LogP contribution is -2.78. The monoisotopic (exact) mass is 435 g/mol. The fourth-order valence-corrected chi connectivity index (χ4v) is 3.36. The van der Waals surface area contributed by atoms with Crippen LogP contribution in [0.5, 0.6) is 0 Å². The second kappa shape index (κ2) is 12.7. The topological polar surface area (TPSA) is 244 Å². The van der Waals surface area contributed by atoms with Gasteiger partial charge in [-0.25, -0.2) is 8.42 Å². The largest absolute Gasteiger partial charge is 0.548 e. The van der Waals surface area contributed by atoms with Gasteiger partial charge in [0.15, 0.2) is 0 Å². The van der Waals surface area contributed by atoms with Crippen molar-refractivity contribution in [2.24, 2.45) is 11.5 Å². The molecule has 2 atom stereocenters. The van der Waals surface area contributed by atoms with Crippen LogP contribution in [0.4, 0.5) is 0 Å². The van der Waals surface area contributed by atoms with Crippen LogP contribution in [0, 0.1) is 6.92 Å². The summed E-state index contributed by atoms with van der Waals surface area (Å²) in [5.74, 6) is -2.25. The Balaban J connectivity index is 0. The third kappa shape index (κ3) is 9.84. The minimum atomic E-state index is -3.92. The summed E-state index contributed by atoms with van der Waals surface area (Å²) in [4.78, 5) is 26.0. The Bertz CT molecular complexity index is 792. The second-order valence-electron chi connectivity index (χ2n) is 6.06. The van der Waals surface area contributed by atoms with E-state index in [2.05, 4.69) is 15.0 Å². The molecule has 1 rings (SSSR count). The van der Waals surface area contributed by atoms with Crippen LogP contribution in [0.2, 0.25) is 0 Å². The molecule has 13 heteroatoms. The summed E-state index contributed by atoms with van der Waals surface area (Å²) in [6.45, 7) is 3.45. The lowest BCUT2D eigenvalue weighted by Gasteiger charge is -2.22. The molecule has 0 spiro atoms. The van der Waals surface area contributed by atoms with E-state index in [4.69, 9.17) is 11.5 Å². The average molecular weight is 436 g/mol. The summed E-state index contributed by atoms with van der Waals surface area (Å²) in [5.41, 5.74) is 11.3. The maximum atomic E-state index is 12.3. The molecule has 1 aromatic rings. The van der Waals surface area contributed by atoms with Crippen LogP contribution in [-0.4, -0.2) is 55.8 Å². The number of carbonyl (C=O) groups is 2. The van der Waals surface area contributed by atoms with E-state index in [0.717, 1.165) is 5.56 Å². The SMILES string of the molecule is Cc1ccc(S(=O)(=O)NC(C)C(=O)NC(CCC[NH+]=C(N)N)C(=O)[O-])cc1.O.O. The van der Waals surface area contributed by atoms with Gasteiger partial charge in [0.25, 0.3) is 0 Å². The van der Waals surface area contributed by atoms with E-state index in [1.165, 1.54) is 19.1 Å². The van der Waals surface area contributed by atoms with Crippen molar-refractivity contribution in [1.29, 1.82) is 0 Å². The van der Waals surface area contributed by atoms with Crippen molar-refractivity contribution in [2.45, 2.75) is 43.7 Å². The van der Waals surface area contributed by atoms with Gasteiger partial charge in [0.05, 0.1) is 29.5 Å². The molecular formula is C16H29N5O7S. The Morgan fingerprint density at radius 2 is 1.72 bits per heavy atom. The highest BCUT2D eigenvalue weighted by Gasteiger charge is 2.24. The zero-order valence-corrected chi connectivity index (χ0v) is 17.0. The predicted molar refractivity (Wildman–Crippen MR) is 104 cm³/mol. The lowest BCUT2D eigenvalue weighted by atomic mass is 10.1. The van der Waals surface area contributed by atoms with E-state index in [1.54, 1.807) is 12.1 Å². The summed E-state index contributed by atoms with van der Waals surface area (Å²) in [6, 6.07) is 3.64. The molecule has 0 radical (unpaired) electrons. The first kappa shape index (κ1) is 28.5. The Hall–Kier alpha value is -2.74. The van der Waals surface area contributed by atoms with Gasteiger partial charge in [-0.1, -0.05) is 17.7 Å². The first-order valence-corrected chi connectivity index (χ1v) is 9.73. The zero-order valence-electron chi connectivity index (χ0n) is 16.2. The molecule has 0 saturated heterocycles. The minimum Gasteiger partial charge on any atom is -0.548 e. The fourth-order valence-electron chi connectivity index (χ4n) is 2.16. The van der Waals surface area contributed by atoms with Crippen molar-refractivity contribution in [2.75, 3.05) is 6.54 Å². The number of hydrogen-bond acceptors (Lipinski definition) is 5. The minimum absolute atomic E-state index is 0. The number of benzene rings is 1. The average Bonchev–Trinajstić information content (AvgIpc) is 2.56. The first-order chi connectivity index (χ1) is 12.5. The highest BCUT2D eigenvalue weighted by molar-refractivity contribution is 7.89. The summed E-state index contributed by atoms with van der Waals surface area (Å²) in [5, 5.41) is 13.4. The number of aliphatic carboxylic acids is 1. The van der Waals surface area contributed by atoms with Gasteiger partial charge in [-0.15, -0.1) is 0 Å². The molecule has 29 heavy (non-hydrogen) atoms. The van der Waals surface area contributed by atoms with Crippen molar-refractivity contribution >= 4 is 27.9 Å². The molecule has 1 amide bonds. The highest BCUT2D eigenvalue weighted by Crippen LogP contribution is 2.10. The molecule has 0 aliphatic rings. The van der Waals surface area contributed by atoms with Gasteiger partial charge in [0.1, 0.15) is 0 Å². The smallest absolute Gasteiger partial charge is 0.338 e. The number of nitrogens with two attached hydrogens (primary N) is 2. The number of carbonyl (C=O) groups excluding carboxylic acids is 2. The van der Waals surface area contributed by atoms with Crippen LogP contribution in [0.3, 0.4) is 0 Å². The standard InChI is InChI=1S/C16H25N5O5S.2H2O/c1-10-5-7-12(8-6-10)27(25,26)21-11(2)14(22)20-13(15(23)24)4-3-9-19-16(17)18;;/h5-8,11,13,21H,3-4,9H2,1-2H3,(H,20,22)(H,23,24)(H4,17,18,19);2*1H2. The van der Waals surface area contributed by atoms with E-state index < -0.39 is 34.0 Å². The Morgan fingerprint density at radius 3 is 2.21 bits per heavy atom. The van der Waals surface area contributed by atoms with Crippen LogP contribution >= 0.6 is 0 Å². The highest BCUT2D eigenvalue weighted by atomic mass is 32.2. The predicted octanol–water partition coefficient (Wildman–Crippen LogP) is -5.62. The number of hydrogen-bond donors (Lipinski definition) is 5. The van der Waals surface area contributed by atoms with E-state index >= 15 is 0 Å². The molecule has 0 aliphatic carbocycles. The number of amides is 1. The van der Waals surface area contributed by atoms with Gasteiger partial charge in [0.2, 0.25) is 15.9 Å². The molecule has 11 N–H and O–H groups in total. The molecule has 12 nitrogen and oxygen atoms in total. The van der Waals surface area contributed by atoms with Crippen LogP contribution in [0.15, 0.2) is 29.2 Å². The van der Waals surface area contributed by atoms with Crippen LogP contribution in [-0.2, 0) is 19.6 Å². The number of nitrogens with one attached hydrogen (secondary N) is 3. The van der Waals surface area contributed by atoms with Gasteiger partial charge in [0, 0.05) is 0 Å². The normalized spacial score (nSPS) is 12.5. The molecule has 166 valence electrons. The Labute approximate surface area is 169 Å². The number of carboxylic acids is 1. The first-order valence-electron chi connectivity index (χ1n) is 8.25. The van der Waals surface area contributed by atoms with Gasteiger partial charge < -0.3 is 26.2 Å². The van der Waals surface area contributed by atoms with E-state index in [0.29, 0.717) is 13.0 Å². The third-order valence-electron chi connectivity index (χ3n) is 3.66. The summed E-state index contributed by atoms with van der Waals surface area (Å²) < 4.78 is 26.8. The Kier molecular flexibility index (Phi) is 12.4. The van der Waals surface area contributed by atoms with Gasteiger partial charge in [-0.05, 0) is 38.8 Å². The second-order valence-corrected chi connectivity index (χ2v) is 7.77. The fraction of sp³-hybridized carbons (Fsp3) is 0.438. The summed E-state index contributed by atoms with van der Waals surface area (Å²) in [6.07, 6.45) is 0.409. The number of carboxylic acid groups (broad SMARTS) is 1. The number of aryl methyl sites for hydroxylation is 1. The number of sulfonamides is 1. The van der Waals surface area contributed by atoms with Crippen molar-refractivity contribution in [3.8, 4) is 0 Å². The molecule has 0 aromatic heterocycles. The van der Waals surface area contributed by atoms with Crippen LogP contribution in [0.1, 0.15) is 25.3 Å². The molecule has 0 bridgehead atoms. The molecule has 0 fully saturated rings. The van der Waals surface area contributed by atoms with Crippen LogP contribution in [0.25, 0.3) is 0 Å². The Morgan fingerprint density at radius 1 is 1.17 bits per heavy atom. The number of rotatable bonds is 10. The van der Waals surface area contributed by atoms with Crippen molar-refractivity contribution in [1.82, 2.24) is 10.0 Å². The number of guanidine groups is 1.